The van der Waals surface area contributed by atoms with Crippen molar-refractivity contribution >= 4 is 17.8 Å². The van der Waals surface area contributed by atoms with Crippen LogP contribution in [0, 0.1) is 5.92 Å². The predicted octanol–water partition coefficient (Wildman–Crippen LogP) is 0.721. The summed E-state index contributed by atoms with van der Waals surface area (Å²) in [6, 6.07) is 2.76. The highest BCUT2D eigenvalue weighted by molar-refractivity contribution is 5.94. The molecule has 21 heavy (non-hydrogen) atoms. The van der Waals surface area contributed by atoms with Crippen molar-refractivity contribution in [3.05, 3.63) is 24.2 Å². The van der Waals surface area contributed by atoms with Gasteiger partial charge in [0.1, 0.15) is 0 Å². The van der Waals surface area contributed by atoms with E-state index in [9.17, 15) is 14.4 Å². The minimum Gasteiger partial charge on any atom is -0.481 e. The van der Waals surface area contributed by atoms with Crippen molar-refractivity contribution in [3.8, 4) is 0 Å². The van der Waals surface area contributed by atoms with E-state index in [-0.39, 0.29) is 36.6 Å². The zero-order valence-corrected chi connectivity index (χ0v) is 11.7. The van der Waals surface area contributed by atoms with E-state index in [1.165, 1.54) is 24.3 Å². The number of amides is 2. The fourth-order valence-electron chi connectivity index (χ4n) is 2.15. The second kappa shape index (κ2) is 6.43. The molecule has 0 aliphatic heterocycles. The summed E-state index contributed by atoms with van der Waals surface area (Å²) in [7, 11) is 1.49. The monoisotopic (exact) mass is 294 g/mol. The molecule has 1 saturated carbocycles. The van der Waals surface area contributed by atoms with Crippen LogP contribution < -0.4 is 5.32 Å². The third kappa shape index (κ3) is 4.34. The number of hydrogen-bond acceptors (Lipinski definition) is 4. The first kappa shape index (κ1) is 15.1. The van der Waals surface area contributed by atoms with Gasteiger partial charge in [0.05, 0.1) is 19.2 Å². The standard InChI is InChI=1S/C14H18N2O5/c1-16(14(20)11-3-2-6-21-11)8-12(17)15-10(7-13(18)19)9-4-5-9/h2-3,6,9-10H,4-5,7-8H2,1H3,(H,15,17)(H,18,19). The van der Waals surface area contributed by atoms with Gasteiger partial charge in [-0.1, -0.05) is 0 Å². The topological polar surface area (TPSA) is 99.9 Å². The Morgan fingerprint density at radius 2 is 2.19 bits per heavy atom. The Morgan fingerprint density at radius 1 is 1.48 bits per heavy atom. The minimum atomic E-state index is -0.938. The van der Waals surface area contributed by atoms with Gasteiger partial charge in [-0.05, 0) is 30.9 Å². The lowest BCUT2D eigenvalue weighted by atomic mass is 10.1. The molecule has 0 radical (unpaired) electrons. The summed E-state index contributed by atoms with van der Waals surface area (Å²) < 4.78 is 4.98. The first-order valence-electron chi connectivity index (χ1n) is 6.77. The summed E-state index contributed by atoms with van der Waals surface area (Å²) in [6.45, 7) is -0.137. The van der Waals surface area contributed by atoms with Crippen molar-refractivity contribution in [2.75, 3.05) is 13.6 Å². The number of hydrogen-bond donors (Lipinski definition) is 2. The molecule has 0 aromatic carbocycles. The van der Waals surface area contributed by atoms with Crippen molar-refractivity contribution in [3.63, 3.8) is 0 Å². The summed E-state index contributed by atoms with van der Waals surface area (Å²) in [5, 5.41) is 11.5. The first-order valence-corrected chi connectivity index (χ1v) is 6.77. The van der Waals surface area contributed by atoms with E-state index in [2.05, 4.69) is 5.32 Å². The molecule has 7 nitrogen and oxygen atoms in total. The number of carboxylic acids is 1. The molecular formula is C14H18N2O5. The van der Waals surface area contributed by atoms with Crippen LogP contribution in [0.4, 0.5) is 0 Å². The molecule has 1 aromatic rings. The van der Waals surface area contributed by atoms with E-state index in [1.807, 2.05) is 0 Å². The van der Waals surface area contributed by atoms with Gasteiger partial charge in [0, 0.05) is 13.1 Å². The maximum Gasteiger partial charge on any atom is 0.305 e. The van der Waals surface area contributed by atoms with Gasteiger partial charge in [-0.3, -0.25) is 14.4 Å². The molecule has 1 unspecified atom stereocenters. The lowest BCUT2D eigenvalue weighted by molar-refractivity contribution is -0.137. The van der Waals surface area contributed by atoms with Gasteiger partial charge < -0.3 is 19.7 Å². The van der Waals surface area contributed by atoms with Gasteiger partial charge in [0.25, 0.3) is 5.91 Å². The first-order chi connectivity index (χ1) is 9.97. The molecule has 114 valence electrons. The molecule has 0 spiro atoms. The molecule has 2 amide bonds. The third-order valence-corrected chi connectivity index (χ3v) is 3.39. The Bertz CT molecular complexity index is 521. The predicted molar refractivity (Wildman–Crippen MR) is 72.6 cm³/mol. The number of likely N-dealkylation sites (N-methyl/N-ethyl adjacent to an activating group) is 1. The number of carbonyl (C=O) groups is 3. The molecule has 2 rings (SSSR count). The number of aliphatic carboxylic acids is 1. The zero-order valence-electron chi connectivity index (χ0n) is 11.7. The number of nitrogens with one attached hydrogen (secondary N) is 1. The fraction of sp³-hybridized carbons (Fsp3) is 0.500. The van der Waals surface area contributed by atoms with Gasteiger partial charge >= 0.3 is 5.97 Å². The molecule has 1 fully saturated rings. The Hall–Kier alpha value is -2.31. The van der Waals surface area contributed by atoms with Crippen molar-refractivity contribution in [1.82, 2.24) is 10.2 Å². The summed E-state index contributed by atoms with van der Waals surface area (Å²) >= 11 is 0. The second-order valence-corrected chi connectivity index (χ2v) is 5.25. The number of rotatable bonds is 7. The Balaban J connectivity index is 1.85. The SMILES string of the molecule is CN(CC(=O)NC(CC(=O)O)C1CC1)C(=O)c1ccco1. The highest BCUT2D eigenvalue weighted by Gasteiger charge is 2.34. The molecule has 2 N–H and O–H groups in total. The lowest BCUT2D eigenvalue weighted by Gasteiger charge is -2.19. The van der Waals surface area contributed by atoms with Crippen molar-refractivity contribution in [2.45, 2.75) is 25.3 Å². The van der Waals surface area contributed by atoms with Crippen LogP contribution in [0.25, 0.3) is 0 Å². The Morgan fingerprint density at radius 3 is 2.71 bits per heavy atom. The van der Waals surface area contributed by atoms with Crippen LogP contribution in [-0.2, 0) is 9.59 Å². The van der Waals surface area contributed by atoms with Crippen LogP contribution in [0.3, 0.4) is 0 Å². The zero-order chi connectivity index (χ0) is 15.4. The van der Waals surface area contributed by atoms with Gasteiger partial charge in [-0.2, -0.15) is 0 Å². The highest BCUT2D eigenvalue weighted by Crippen LogP contribution is 2.34. The lowest BCUT2D eigenvalue weighted by Crippen LogP contribution is -2.44. The smallest absolute Gasteiger partial charge is 0.305 e. The van der Waals surface area contributed by atoms with Gasteiger partial charge in [0.2, 0.25) is 5.91 Å². The fourth-order valence-corrected chi connectivity index (χ4v) is 2.15. The van der Waals surface area contributed by atoms with E-state index in [4.69, 9.17) is 9.52 Å². The molecule has 0 bridgehead atoms. The van der Waals surface area contributed by atoms with E-state index >= 15 is 0 Å². The average Bonchev–Trinajstić information content (AvgIpc) is 3.11. The maximum absolute atomic E-state index is 11.9. The van der Waals surface area contributed by atoms with E-state index in [1.54, 1.807) is 6.07 Å². The highest BCUT2D eigenvalue weighted by atomic mass is 16.4. The minimum absolute atomic E-state index is 0.0910. The van der Waals surface area contributed by atoms with Crippen LogP contribution in [0.2, 0.25) is 0 Å². The van der Waals surface area contributed by atoms with Crippen LogP contribution in [0.1, 0.15) is 29.8 Å². The molecule has 1 aliphatic carbocycles. The molecule has 7 heteroatoms. The summed E-state index contributed by atoms with van der Waals surface area (Å²) in [5.74, 6) is -1.30. The van der Waals surface area contributed by atoms with Gasteiger partial charge in [-0.25, -0.2) is 0 Å². The van der Waals surface area contributed by atoms with Gasteiger partial charge in [0.15, 0.2) is 5.76 Å². The number of furan rings is 1. The largest absolute Gasteiger partial charge is 0.481 e. The summed E-state index contributed by atoms with van der Waals surface area (Å²) in [5.41, 5.74) is 0. The van der Waals surface area contributed by atoms with Gasteiger partial charge in [-0.15, -0.1) is 0 Å². The maximum atomic E-state index is 11.9. The number of nitrogens with zero attached hydrogens (tertiary/aromatic N) is 1. The quantitative estimate of drug-likeness (QED) is 0.772. The van der Waals surface area contributed by atoms with Crippen molar-refractivity contribution in [1.29, 1.82) is 0 Å². The summed E-state index contributed by atoms with van der Waals surface area (Å²) in [4.78, 5) is 35.8. The number of carboxylic acid groups (broad SMARTS) is 1. The summed E-state index contributed by atoms with van der Waals surface area (Å²) in [6.07, 6.45) is 3.15. The molecule has 1 atom stereocenters. The van der Waals surface area contributed by atoms with E-state index < -0.39 is 11.9 Å². The Kier molecular flexibility index (Phi) is 4.62. The normalized spacial score (nSPS) is 15.3. The van der Waals surface area contributed by atoms with Crippen LogP contribution >= 0.6 is 0 Å². The van der Waals surface area contributed by atoms with E-state index in [0.29, 0.717) is 0 Å². The Labute approximate surface area is 121 Å². The number of carbonyl (C=O) groups excluding carboxylic acids is 2. The third-order valence-electron chi connectivity index (χ3n) is 3.39. The molecule has 1 aromatic heterocycles. The van der Waals surface area contributed by atoms with Crippen LogP contribution in [0.5, 0.6) is 0 Å². The van der Waals surface area contributed by atoms with E-state index in [0.717, 1.165) is 12.8 Å². The molecule has 0 saturated heterocycles. The molecule has 1 heterocycles. The van der Waals surface area contributed by atoms with Crippen LogP contribution in [0.15, 0.2) is 22.8 Å². The average molecular weight is 294 g/mol. The second-order valence-electron chi connectivity index (χ2n) is 5.25. The molecular weight excluding hydrogens is 276 g/mol. The molecule has 1 aliphatic rings. The van der Waals surface area contributed by atoms with Crippen molar-refractivity contribution < 1.29 is 23.9 Å². The van der Waals surface area contributed by atoms with Crippen LogP contribution in [-0.4, -0.2) is 47.4 Å². The van der Waals surface area contributed by atoms with Crippen molar-refractivity contribution in [2.24, 2.45) is 5.92 Å².